The topological polar surface area (TPSA) is 64.8 Å². The number of piperidine rings is 2. The number of halogens is 1. The predicted octanol–water partition coefficient (Wildman–Crippen LogP) is 3.87. The summed E-state index contributed by atoms with van der Waals surface area (Å²) in [5.74, 6) is 0.208. The van der Waals surface area contributed by atoms with E-state index in [0.29, 0.717) is 17.5 Å². The van der Waals surface area contributed by atoms with Crippen molar-refractivity contribution < 1.29 is 9.23 Å². The Morgan fingerprint density at radius 3 is 2.44 bits per heavy atom. The molecule has 0 spiro atoms. The van der Waals surface area contributed by atoms with Crippen molar-refractivity contribution >= 4 is 24.0 Å². The molecule has 2 heterocycles. The van der Waals surface area contributed by atoms with Crippen LogP contribution in [0.4, 0.5) is 10.1 Å². The summed E-state index contributed by atoms with van der Waals surface area (Å²) < 4.78 is 14.9. The first-order valence-electron chi connectivity index (χ1n) is 11.6. The molecule has 1 N–H and O–H groups in total. The summed E-state index contributed by atoms with van der Waals surface area (Å²) in [5.41, 5.74) is 4.47. The van der Waals surface area contributed by atoms with E-state index in [0.717, 1.165) is 44.7 Å². The highest BCUT2D eigenvalue weighted by molar-refractivity contribution is 6.06. The third kappa shape index (κ3) is 5.92. The maximum atomic E-state index is 14.9. The van der Waals surface area contributed by atoms with E-state index in [1.54, 1.807) is 13.1 Å². The second-order valence-corrected chi connectivity index (χ2v) is 9.03. The Balaban J connectivity index is 1.81. The fourth-order valence-corrected chi connectivity index (χ4v) is 4.69. The number of benzene rings is 1. The molecule has 0 aromatic heterocycles. The van der Waals surface area contributed by atoms with Gasteiger partial charge in [-0.25, -0.2) is 9.38 Å². The van der Waals surface area contributed by atoms with E-state index >= 15 is 0 Å². The highest BCUT2D eigenvalue weighted by Gasteiger charge is 2.31. The molecule has 32 heavy (non-hydrogen) atoms. The molecule has 3 rings (SSSR count). The second kappa shape index (κ2) is 11.5. The second-order valence-electron chi connectivity index (χ2n) is 9.03. The van der Waals surface area contributed by atoms with Crippen LogP contribution >= 0.6 is 0 Å². The molecule has 2 aliphatic heterocycles. The minimum absolute atomic E-state index is 0.0826. The third-order valence-electron chi connectivity index (χ3n) is 6.51. The van der Waals surface area contributed by atoms with Crippen LogP contribution < -0.4 is 5.43 Å². The number of likely N-dealkylation sites (tertiary alicyclic amines) is 2. The predicted molar refractivity (Wildman–Crippen MR) is 129 cm³/mol. The standard InChI is InChI=1S/C24H37FN6O/c1-17(2)22(29-26-3)20-7-6-8-21(25)23(20)28-24(32-27-4)18-9-15-31(16-10-18)19-11-13-30(5)14-12-19/h6-8,17-19,26H,4,9-16H2,1-3,5H3/b28-24?,29-22-. The lowest BCUT2D eigenvalue weighted by atomic mass is 9.93. The molecule has 7 nitrogen and oxygen atoms in total. The number of hydrogen-bond donors (Lipinski definition) is 1. The Morgan fingerprint density at radius 1 is 1.16 bits per heavy atom. The molecule has 0 bridgehead atoms. The summed E-state index contributed by atoms with van der Waals surface area (Å²) in [7, 11) is 3.92. The van der Waals surface area contributed by atoms with Crippen molar-refractivity contribution in [3.05, 3.63) is 29.6 Å². The molecule has 0 unspecified atom stereocenters. The summed E-state index contributed by atoms with van der Waals surface area (Å²) in [4.78, 5) is 15.1. The van der Waals surface area contributed by atoms with Crippen LogP contribution in [0.1, 0.15) is 45.1 Å². The summed E-state index contributed by atoms with van der Waals surface area (Å²) in [6.45, 7) is 11.8. The van der Waals surface area contributed by atoms with Gasteiger partial charge in [0.2, 0.25) is 5.90 Å². The first kappa shape index (κ1) is 24.3. The van der Waals surface area contributed by atoms with Crippen molar-refractivity contribution in [3.63, 3.8) is 0 Å². The van der Waals surface area contributed by atoms with Gasteiger partial charge in [0.1, 0.15) is 11.5 Å². The molecular weight excluding hydrogens is 407 g/mol. The van der Waals surface area contributed by atoms with Crippen molar-refractivity contribution in [2.24, 2.45) is 27.1 Å². The number of rotatable bonds is 7. The number of nitrogens with one attached hydrogen (secondary N) is 1. The molecule has 0 atom stereocenters. The minimum atomic E-state index is -0.402. The highest BCUT2D eigenvalue weighted by atomic mass is 19.1. The lowest BCUT2D eigenvalue weighted by Gasteiger charge is -2.40. The summed E-state index contributed by atoms with van der Waals surface area (Å²) in [5, 5.41) is 8.01. The molecule has 8 heteroatoms. The van der Waals surface area contributed by atoms with Gasteiger partial charge in [0, 0.05) is 31.3 Å². The molecule has 2 aliphatic rings. The average molecular weight is 445 g/mol. The van der Waals surface area contributed by atoms with E-state index in [1.165, 1.54) is 18.9 Å². The van der Waals surface area contributed by atoms with Gasteiger partial charge in [-0.1, -0.05) is 31.1 Å². The number of oxime groups is 1. The van der Waals surface area contributed by atoms with Crippen molar-refractivity contribution in [3.8, 4) is 0 Å². The SMILES string of the molecule is C=NOC(=Nc1c(F)cccc1/C(=N\NC)C(C)C)C1CCN(C2CCN(C)CC2)CC1. The summed E-state index contributed by atoms with van der Waals surface area (Å²) in [6.07, 6.45) is 4.25. The summed E-state index contributed by atoms with van der Waals surface area (Å²) >= 11 is 0. The van der Waals surface area contributed by atoms with Crippen LogP contribution in [0, 0.1) is 17.7 Å². The van der Waals surface area contributed by atoms with E-state index in [-0.39, 0.29) is 17.5 Å². The van der Waals surface area contributed by atoms with E-state index in [2.05, 4.69) is 44.2 Å². The molecule has 0 aliphatic carbocycles. The Kier molecular flexibility index (Phi) is 8.75. The molecule has 0 radical (unpaired) electrons. The largest absolute Gasteiger partial charge is 0.342 e. The monoisotopic (exact) mass is 444 g/mol. The number of nitrogens with zero attached hydrogens (tertiary/aromatic N) is 5. The number of aliphatic imine (C=N–C) groups is 1. The van der Waals surface area contributed by atoms with Crippen LogP contribution in [-0.2, 0) is 4.84 Å². The van der Waals surface area contributed by atoms with Crippen LogP contribution in [0.15, 0.2) is 33.4 Å². The molecule has 1 aromatic rings. The molecule has 2 saturated heterocycles. The highest BCUT2D eigenvalue weighted by Crippen LogP contribution is 2.30. The van der Waals surface area contributed by atoms with E-state index in [9.17, 15) is 4.39 Å². The maximum Gasteiger partial charge on any atom is 0.228 e. The number of para-hydroxylation sites is 1. The molecule has 176 valence electrons. The van der Waals surface area contributed by atoms with Gasteiger partial charge in [0.25, 0.3) is 0 Å². The minimum Gasteiger partial charge on any atom is -0.342 e. The van der Waals surface area contributed by atoms with Crippen LogP contribution in [0.5, 0.6) is 0 Å². The zero-order valence-electron chi connectivity index (χ0n) is 19.9. The fourth-order valence-electron chi connectivity index (χ4n) is 4.69. The van der Waals surface area contributed by atoms with Crippen LogP contribution in [0.25, 0.3) is 0 Å². The number of hydrazone groups is 1. The normalized spacial score (nSPS) is 20.6. The van der Waals surface area contributed by atoms with E-state index in [1.807, 2.05) is 19.9 Å². The van der Waals surface area contributed by atoms with Crippen molar-refractivity contribution in [1.29, 1.82) is 0 Å². The Bertz CT molecular complexity index is 824. The number of hydrogen-bond acceptors (Lipinski definition) is 7. The van der Waals surface area contributed by atoms with Crippen LogP contribution in [-0.4, -0.2) is 74.4 Å². The Labute approximate surface area is 191 Å². The third-order valence-corrected chi connectivity index (χ3v) is 6.51. The van der Waals surface area contributed by atoms with E-state index in [4.69, 9.17) is 4.84 Å². The smallest absolute Gasteiger partial charge is 0.228 e. The van der Waals surface area contributed by atoms with Gasteiger partial charge in [-0.05, 0) is 70.9 Å². The van der Waals surface area contributed by atoms with Gasteiger partial charge in [-0.2, -0.15) is 5.10 Å². The van der Waals surface area contributed by atoms with Crippen molar-refractivity contribution in [2.75, 3.05) is 40.3 Å². The van der Waals surface area contributed by atoms with Gasteiger partial charge >= 0.3 is 0 Å². The van der Waals surface area contributed by atoms with Gasteiger partial charge in [-0.3, -0.25) is 0 Å². The van der Waals surface area contributed by atoms with Gasteiger partial charge in [0.15, 0.2) is 0 Å². The van der Waals surface area contributed by atoms with Gasteiger partial charge in [0.05, 0.1) is 5.71 Å². The summed E-state index contributed by atoms with van der Waals surface area (Å²) in [6, 6.07) is 5.60. The van der Waals surface area contributed by atoms with Gasteiger partial charge < -0.3 is 20.1 Å². The van der Waals surface area contributed by atoms with Crippen LogP contribution in [0.3, 0.4) is 0 Å². The average Bonchev–Trinajstić information content (AvgIpc) is 2.79. The zero-order chi connectivity index (χ0) is 23.1. The van der Waals surface area contributed by atoms with Crippen LogP contribution in [0.2, 0.25) is 0 Å². The molecule has 2 fully saturated rings. The molecule has 0 saturated carbocycles. The van der Waals surface area contributed by atoms with E-state index < -0.39 is 5.82 Å². The lowest BCUT2D eigenvalue weighted by molar-refractivity contribution is 0.0912. The molecular formula is C24H37FN6O. The molecule has 0 amide bonds. The van der Waals surface area contributed by atoms with Crippen molar-refractivity contribution in [2.45, 2.75) is 45.6 Å². The quantitative estimate of drug-likeness (QED) is 0.394. The Morgan fingerprint density at radius 2 is 1.84 bits per heavy atom. The van der Waals surface area contributed by atoms with Gasteiger partial charge in [-0.15, -0.1) is 0 Å². The maximum absolute atomic E-state index is 14.9. The zero-order valence-corrected chi connectivity index (χ0v) is 19.9. The van der Waals surface area contributed by atoms with Crippen molar-refractivity contribution in [1.82, 2.24) is 15.2 Å². The first-order valence-corrected chi connectivity index (χ1v) is 11.6. The Hall–Kier alpha value is -2.32. The molecule has 1 aromatic carbocycles. The first-order chi connectivity index (χ1) is 15.4. The lowest BCUT2D eigenvalue weighted by Crippen LogP contribution is -2.47. The fraction of sp³-hybridized carbons (Fsp3) is 0.625.